The molecule has 0 aromatic carbocycles. The van der Waals surface area contributed by atoms with Gasteiger partial charge in [-0.3, -0.25) is 9.68 Å². The van der Waals surface area contributed by atoms with Crippen LogP contribution >= 0.6 is 12.6 Å². The number of carbonyl (C=O) groups is 2. The van der Waals surface area contributed by atoms with Crippen LogP contribution in [0.4, 0.5) is 0 Å². The molecule has 1 unspecified atom stereocenters. The Balaban J connectivity index is 2.18. The predicted molar refractivity (Wildman–Crippen MR) is 139 cm³/mol. The molecule has 0 saturated carbocycles. The molecule has 0 aliphatic carbocycles. The number of allylic oxidation sites excluding steroid dienone is 1. The van der Waals surface area contributed by atoms with E-state index in [1.54, 1.807) is 12.3 Å². The number of rotatable bonds is 20. The minimum Gasteiger partial charge on any atom is -0.313 e. The van der Waals surface area contributed by atoms with E-state index in [9.17, 15) is 14.8 Å². The highest BCUT2D eigenvalue weighted by Gasteiger charge is 2.45. The third-order valence-corrected chi connectivity index (χ3v) is 7.59. The van der Waals surface area contributed by atoms with Gasteiger partial charge in [0.2, 0.25) is 5.91 Å². The van der Waals surface area contributed by atoms with Crippen LogP contribution in [0.3, 0.4) is 0 Å². The Morgan fingerprint density at radius 3 is 1.94 bits per heavy atom. The van der Waals surface area contributed by atoms with E-state index in [0.29, 0.717) is 6.42 Å². The number of hydrogen-bond donors (Lipinski definition) is 3. The Kier molecular flexibility index (Phi) is 15.8. The van der Waals surface area contributed by atoms with Gasteiger partial charge in [0, 0.05) is 18.9 Å². The molecule has 1 saturated heterocycles. The summed E-state index contributed by atoms with van der Waals surface area (Å²) < 4.78 is 0. The summed E-state index contributed by atoms with van der Waals surface area (Å²) in [5, 5.41) is 20.3. The molecule has 0 radical (unpaired) electrons. The topological polar surface area (TPSA) is 90.1 Å². The van der Waals surface area contributed by atoms with Gasteiger partial charge in [-0.1, -0.05) is 90.0 Å². The molecular weight excluding hydrogens is 452 g/mol. The smallest absolute Gasteiger partial charge is 0.313 e. The first-order chi connectivity index (χ1) is 16.3. The van der Waals surface area contributed by atoms with Gasteiger partial charge < -0.3 is 10.1 Å². The van der Waals surface area contributed by atoms with Crippen molar-refractivity contribution in [3.05, 3.63) is 12.3 Å². The quantitative estimate of drug-likeness (QED) is 0.0592. The van der Waals surface area contributed by atoms with E-state index in [0.717, 1.165) is 19.3 Å². The summed E-state index contributed by atoms with van der Waals surface area (Å²) in [5.74, 6) is -1.28. The molecule has 198 valence electrons. The lowest BCUT2D eigenvalue weighted by molar-refractivity contribution is -0.243. The molecule has 1 rings (SSSR count). The van der Waals surface area contributed by atoms with Gasteiger partial charge in [0.25, 0.3) is 0 Å². The zero-order chi connectivity index (χ0) is 25.4. The van der Waals surface area contributed by atoms with E-state index in [-0.39, 0.29) is 23.7 Å². The number of unbranched alkanes of at least 4 members (excludes halogenated alkanes) is 11. The number of amides is 1. The Hall–Kier alpha value is -1.09. The zero-order valence-corrected chi connectivity index (χ0v) is 22.5. The summed E-state index contributed by atoms with van der Waals surface area (Å²) in [6, 6.07) is 0.384. The van der Waals surface area contributed by atoms with Crippen LogP contribution in [0.1, 0.15) is 117 Å². The monoisotopic (exact) mass is 500 g/mol. The van der Waals surface area contributed by atoms with Crippen molar-refractivity contribution in [2.24, 2.45) is 0 Å². The van der Waals surface area contributed by atoms with Crippen molar-refractivity contribution in [3.8, 4) is 0 Å². The SMILES string of the molecule is CCCCCCCCCCCCCC[C@@H]1[C@H](CCC=CN(C(C)=O)[C@](C)(CS)C(=O)OO)N1O. The van der Waals surface area contributed by atoms with Crippen molar-refractivity contribution in [3.63, 3.8) is 0 Å². The van der Waals surface area contributed by atoms with Crippen molar-refractivity contribution in [1.82, 2.24) is 9.96 Å². The van der Waals surface area contributed by atoms with Crippen molar-refractivity contribution < 1.29 is 24.9 Å². The minimum atomic E-state index is -1.39. The maximum atomic E-state index is 12.0. The van der Waals surface area contributed by atoms with Gasteiger partial charge in [0.15, 0.2) is 5.54 Å². The largest absolute Gasteiger partial charge is 0.368 e. The zero-order valence-electron chi connectivity index (χ0n) is 21.6. The molecule has 0 aromatic heterocycles. The minimum absolute atomic E-state index is 0.00444. The van der Waals surface area contributed by atoms with E-state index in [1.165, 1.54) is 94.4 Å². The number of nitrogens with zero attached hydrogens (tertiary/aromatic N) is 2. The number of carbonyl (C=O) groups excluding carboxylic acids is 2. The van der Waals surface area contributed by atoms with E-state index < -0.39 is 11.5 Å². The fourth-order valence-electron chi connectivity index (χ4n) is 4.57. The predicted octanol–water partition coefficient (Wildman–Crippen LogP) is 6.37. The van der Waals surface area contributed by atoms with Crippen LogP contribution in [0.15, 0.2) is 12.3 Å². The summed E-state index contributed by atoms with van der Waals surface area (Å²) in [6.45, 7) is 5.09. The Labute approximate surface area is 212 Å². The van der Waals surface area contributed by atoms with Crippen LogP contribution in [0.25, 0.3) is 0 Å². The van der Waals surface area contributed by atoms with E-state index in [2.05, 4.69) is 24.4 Å². The van der Waals surface area contributed by atoms with Crippen LogP contribution in [-0.4, -0.2) is 55.7 Å². The molecule has 4 atom stereocenters. The normalized spacial score (nSPS) is 21.4. The summed E-state index contributed by atoms with van der Waals surface area (Å²) in [5.41, 5.74) is -1.39. The Morgan fingerprint density at radius 1 is 0.971 bits per heavy atom. The van der Waals surface area contributed by atoms with Crippen LogP contribution in [0.2, 0.25) is 0 Å². The van der Waals surface area contributed by atoms with Crippen molar-refractivity contribution in [2.75, 3.05) is 5.75 Å². The van der Waals surface area contributed by atoms with Gasteiger partial charge in [-0.05, 0) is 26.2 Å². The highest BCUT2D eigenvalue weighted by molar-refractivity contribution is 7.80. The third-order valence-electron chi connectivity index (χ3n) is 6.97. The van der Waals surface area contributed by atoms with Gasteiger partial charge in [0.1, 0.15) is 0 Å². The lowest BCUT2D eigenvalue weighted by Crippen LogP contribution is -2.54. The van der Waals surface area contributed by atoms with Gasteiger partial charge >= 0.3 is 5.97 Å². The Bertz CT molecular complexity index is 618. The molecule has 34 heavy (non-hydrogen) atoms. The first kappa shape index (κ1) is 30.9. The summed E-state index contributed by atoms with van der Waals surface area (Å²) in [7, 11) is 0. The highest BCUT2D eigenvalue weighted by atomic mass is 32.1. The van der Waals surface area contributed by atoms with Gasteiger partial charge in [0.05, 0.1) is 12.1 Å². The molecule has 1 amide bonds. The van der Waals surface area contributed by atoms with Crippen LogP contribution in [0, 0.1) is 0 Å². The molecule has 1 aliphatic rings. The average Bonchev–Trinajstić information content (AvgIpc) is 3.45. The molecule has 2 N–H and O–H groups in total. The van der Waals surface area contributed by atoms with E-state index in [1.807, 2.05) is 0 Å². The van der Waals surface area contributed by atoms with Crippen molar-refractivity contribution >= 4 is 24.5 Å². The average molecular weight is 501 g/mol. The van der Waals surface area contributed by atoms with Crippen molar-refractivity contribution in [1.29, 1.82) is 0 Å². The van der Waals surface area contributed by atoms with Crippen LogP contribution in [0.5, 0.6) is 0 Å². The second-order valence-corrected chi connectivity index (χ2v) is 10.2. The summed E-state index contributed by atoms with van der Waals surface area (Å²) in [4.78, 5) is 29.0. The standard InChI is InChI=1S/C26H48N2O5S/c1-4-5-6-7-8-9-10-11-12-13-14-15-18-23-24(28(23)31)19-16-17-20-27(22(2)29)26(3,21-34)25(30)33-32/h17,20,23-24,31-32,34H,4-16,18-19,21H2,1-3H3/t23-,24+,26-,28?/m1/s1. The fraction of sp³-hybridized carbons (Fsp3) is 0.846. The first-order valence-corrected chi connectivity index (χ1v) is 13.9. The molecular formula is C26H48N2O5S. The molecule has 8 heteroatoms. The lowest BCUT2D eigenvalue weighted by atomic mass is 10.0. The van der Waals surface area contributed by atoms with E-state index >= 15 is 0 Å². The second-order valence-electron chi connectivity index (χ2n) is 9.85. The maximum absolute atomic E-state index is 12.0. The van der Waals surface area contributed by atoms with Crippen LogP contribution < -0.4 is 0 Å². The molecule has 1 fully saturated rings. The molecule has 1 aliphatic heterocycles. The Morgan fingerprint density at radius 2 is 1.47 bits per heavy atom. The third kappa shape index (κ3) is 10.7. The summed E-state index contributed by atoms with van der Waals surface area (Å²) in [6.07, 6.45) is 21.7. The van der Waals surface area contributed by atoms with Gasteiger partial charge in [-0.25, -0.2) is 4.79 Å². The molecule has 7 nitrogen and oxygen atoms in total. The fourth-order valence-corrected chi connectivity index (χ4v) is 4.85. The molecule has 0 aromatic rings. The number of hydroxylamine groups is 2. The molecule has 1 heterocycles. The number of thiol groups is 1. The van der Waals surface area contributed by atoms with E-state index in [4.69, 9.17) is 5.26 Å². The maximum Gasteiger partial charge on any atom is 0.368 e. The summed E-state index contributed by atoms with van der Waals surface area (Å²) >= 11 is 4.14. The van der Waals surface area contributed by atoms with Crippen LogP contribution in [-0.2, 0) is 14.5 Å². The second kappa shape index (κ2) is 17.4. The highest BCUT2D eigenvalue weighted by Crippen LogP contribution is 2.34. The first-order valence-electron chi connectivity index (χ1n) is 13.2. The van der Waals surface area contributed by atoms with Crippen molar-refractivity contribution in [2.45, 2.75) is 135 Å². The molecule has 0 bridgehead atoms. The van der Waals surface area contributed by atoms with Gasteiger partial charge in [-0.15, -0.1) is 0 Å². The number of hydrogen-bond acceptors (Lipinski definition) is 7. The molecule has 0 spiro atoms. The lowest BCUT2D eigenvalue weighted by Gasteiger charge is -2.34. The van der Waals surface area contributed by atoms with Gasteiger partial charge in [-0.2, -0.15) is 22.9 Å².